The molecule has 1 aliphatic heterocycles. The number of nitrogens with one attached hydrogen (secondary N) is 1. The Labute approximate surface area is 115 Å². The number of carbonyl (C=O) groups is 1. The highest BCUT2D eigenvalue weighted by atomic mass is 16.2. The van der Waals surface area contributed by atoms with Crippen LogP contribution in [-0.2, 0) is 6.42 Å². The number of amides is 1. The van der Waals surface area contributed by atoms with Gasteiger partial charge in [0, 0.05) is 30.4 Å². The predicted molar refractivity (Wildman–Crippen MR) is 77.5 cm³/mol. The molecule has 1 aromatic rings. The van der Waals surface area contributed by atoms with Gasteiger partial charge in [-0.05, 0) is 45.2 Å². The Morgan fingerprint density at radius 2 is 2.26 bits per heavy atom. The molecule has 4 nitrogen and oxygen atoms in total. The van der Waals surface area contributed by atoms with Gasteiger partial charge >= 0.3 is 0 Å². The molecule has 4 heteroatoms. The van der Waals surface area contributed by atoms with Crippen molar-refractivity contribution < 1.29 is 4.79 Å². The fourth-order valence-corrected chi connectivity index (χ4v) is 2.56. The highest BCUT2D eigenvalue weighted by molar-refractivity contribution is 5.95. The zero-order valence-electron chi connectivity index (χ0n) is 12.1. The molecule has 0 bridgehead atoms. The summed E-state index contributed by atoms with van der Waals surface area (Å²) in [6, 6.07) is 4.15. The molecular weight excluding hydrogens is 238 g/mol. The third-order valence-corrected chi connectivity index (χ3v) is 3.66. The number of carbonyl (C=O) groups excluding carboxylic acids is 1. The van der Waals surface area contributed by atoms with Crippen molar-refractivity contribution in [1.82, 2.24) is 9.88 Å². The summed E-state index contributed by atoms with van der Waals surface area (Å²) in [6.07, 6.45) is 3.06. The van der Waals surface area contributed by atoms with E-state index in [0.717, 1.165) is 49.4 Å². The summed E-state index contributed by atoms with van der Waals surface area (Å²) in [5.74, 6) is 0.943. The van der Waals surface area contributed by atoms with Crippen LogP contribution in [0.2, 0.25) is 0 Å². The van der Waals surface area contributed by atoms with E-state index in [9.17, 15) is 4.79 Å². The monoisotopic (exact) mass is 261 g/mol. The van der Waals surface area contributed by atoms with Gasteiger partial charge in [-0.15, -0.1) is 0 Å². The van der Waals surface area contributed by atoms with Crippen molar-refractivity contribution in [2.75, 3.05) is 18.4 Å². The molecule has 0 radical (unpaired) electrons. The highest BCUT2D eigenvalue weighted by Crippen LogP contribution is 2.21. The van der Waals surface area contributed by atoms with Crippen molar-refractivity contribution in [1.29, 1.82) is 0 Å². The maximum atomic E-state index is 12.6. The maximum absolute atomic E-state index is 12.6. The van der Waals surface area contributed by atoms with Gasteiger partial charge < -0.3 is 10.2 Å². The number of anilines is 1. The smallest absolute Gasteiger partial charge is 0.254 e. The number of rotatable bonds is 4. The Morgan fingerprint density at radius 3 is 2.84 bits per heavy atom. The fraction of sp³-hybridized carbons (Fsp3) is 0.600. The number of likely N-dealkylation sites (tertiary alicyclic amines) is 1. The van der Waals surface area contributed by atoms with Crippen LogP contribution in [-0.4, -0.2) is 34.9 Å². The van der Waals surface area contributed by atoms with E-state index >= 15 is 0 Å². The van der Waals surface area contributed by atoms with Crippen LogP contribution >= 0.6 is 0 Å². The first kappa shape index (κ1) is 13.8. The molecule has 1 N–H and O–H groups in total. The molecule has 0 spiro atoms. The van der Waals surface area contributed by atoms with Gasteiger partial charge in [-0.3, -0.25) is 4.79 Å². The second-order valence-electron chi connectivity index (χ2n) is 5.11. The molecule has 2 heterocycles. The number of aryl methyl sites for hydroxylation is 1. The molecule has 1 aliphatic rings. The SMILES string of the molecule is CCNc1cc(C(=O)N2CCCC2C)cc(CC)n1. The van der Waals surface area contributed by atoms with Crippen molar-refractivity contribution in [2.24, 2.45) is 0 Å². The Bertz CT molecular complexity index is 459. The lowest BCUT2D eigenvalue weighted by molar-refractivity contribution is 0.0747. The third-order valence-electron chi connectivity index (χ3n) is 3.66. The molecule has 19 heavy (non-hydrogen) atoms. The minimum absolute atomic E-state index is 0.140. The number of hydrogen-bond acceptors (Lipinski definition) is 3. The maximum Gasteiger partial charge on any atom is 0.254 e. The Kier molecular flexibility index (Phi) is 4.40. The van der Waals surface area contributed by atoms with Gasteiger partial charge in [0.25, 0.3) is 5.91 Å². The molecule has 104 valence electrons. The lowest BCUT2D eigenvalue weighted by Crippen LogP contribution is -2.33. The number of hydrogen-bond donors (Lipinski definition) is 1. The summed E-state index contributed by atoms with van der Waals surface area (Å²) in [5, 5.41) is 3.20. The van der Waals surface area contributed by atoms with Crippen molar-refractivity contribution >= 4 is 11.7 Å². The Morgan fingerprint density at radius 1 is 1.47 bits per heavy atom. The molecule has 1 fully saturated rings. The molecule has 1 unspecified atom stereocenters. The quantitative estimate of drug-likeness (QED) is 0.906. The summed E-state index contributed by atoms with van der Waals surface area (Å²) < 4.78 is 0. The van der Waals surface area contributed by atoms with Gasteiger partial charge in [0.1, 0.15) is 5.82 Å². The minimum atomic E-state index is 0.140. The molecule has 1 atom stereocenters. The first-order valence-corrected chi connectivity index (χ1v) is 7.21. The summed E-state index contributed by atoms with van der Waals surface area (Å²) in [7, 11) is 0. The van der Waals surface area contributed by atoms with Crippen molar-refractivity contribution in [3.63, 3.8) is 0 Å². The molecule has 0 saturated carbocycles. The van der Waals surface area contributed by atoms with Crippen molar-refractivity contribution in [3.05, 3.63) is 23.4 Å². The van der Waals surface area contributed by atoms with E-state index in [4.69, 9.17) is 0 Å². The Balaban J connectivity index is 2.27. The van der Waals surface area contributed by atoms with Gasteiger partial charge in [0.15, 0.2) is 0 Å². The molecule has 0 aromatic carbocycles. The van der Waals surface area contributed by atoms with E-state index in [1.165, 1.54) is 0 Å². The van der Waals surface area contributed by atoms with E-state index in [2.05, 4.69) is 24.1 Å². The predicted octanol–water partition coefficient (Wildman–Crippen LogP) is 2.70. The van der Waals surface area contributed by atoms with E-state index in [-0.39, 0.29) is 5.91 Å². The van der Waals surface area contributed by atoms with Gasteiger partial charge in [0.05, 0.1) is 0 Å². The van der Waals surface area contributed by atoms with Crippen molar-refractivity contribution in [3.8, 4) is 0 Å². The van der Waals surface area contributed by atoms with Crippen LogP contribution in [0.3, 0.4) is 0 Å². The average Bonchev–Trinajstić information content (AvgIpc) is 2.84. The normalized spacial score (nSPS) is 18.7. The second-order valence-corrected chi connectivity index (χ2v) is 5.11. The summed E-state index contributed by atoms with van der Waals surface area (Å²) in [5.41, 5.74) is 1.73. The van der Waals surface area contributed by atoms with E-state index < -0.39 is 0 Å². The molecule has 1 aromatic heterocycles. The lowest BCUT2D eigenvalue weighted by atomic mass is 10.1. The highest BCUT2D eigenvalue weighted by Gasteiger charge is 2.26. The molecule has 2 rings (SSSR count). The largest absolute Gasteiger partial charge is 0.370 e. The fourth-order valence-electron chi connectivity index (χ4n) is 2.56. The molecular formula is C15H23N3O. The van der Waals surface area contributed by atoms with Crippen LogP contribution in [0.1, 0.15) is 49.7 Å². The average molecular weight is 261 g/mol. The lowest BCUT2D eigenvalue weighted by Gasteiger charge is -2.22. The van der Waals surface area contributed by atoms with E-state index in [0.29, 0.717) is 6.04 Å². The summed E-state index contributed by atoms with van der Waals surface area (Å²) >= 11 is 0. The molecule has 1 amide bonds. The van der Waals surface area contributed by atoms with Gasteiger partial charge in [-0.2, -0.15) is 0 Å². The topological polar surface area (TPSA) is 45.2 Å². The van der Waals surface area contributed by atoms with Crippen LogP contribution < -0.4 is 5.32 Å². The first-order valence-electron chi connectivity index (χ1n) is 7.21. The zero-order valence-corrected chi connectivity index (χ0v) is 12.1. The van der Waals surface area contributed by atoms with Crippen LogP contribution in [0.4, 0.5) is 5.82 Å². The van der Waals surface area contributed by atoms with Crippen molar-refractivity contribution in [2.45, 2.75) is 46.1 Å². The molecule has 1 saturated heterocycles. The summed E-state index contributed by atoms with van der Waals surface area (Å²) in [6.45, 7) is 7.90. The second kappa shape index (κ2) is 6.04. The minimum Gasteiger partial charge on any atom is -0.370 e. The Hall–Kier alpha value is -1.58. The van der Waals surface area contributed by atoms with Crippen LogP contribution in [0, 0.1) is 0 Å². The van der Waals surface area contributed by atoms with Gasteiger partial charge in [-0.1, -0.05) is 6.92 Å². The standard InChI is InChI=1S/C15H23N3O/c1-4-13-9-12(10-14(17-13)16-5-2)15(19)18-8-6-7-11(18)3/h9-11H,4-8H2,1-3H3,(H,16,17). The first-order chi connectivity index (χ1) is 9.15. The third kappa shape index (κ3) is 3.06. The van der Waals surface area contributed by atoms with Gasteiger partial charge in [-0.25, -0.2) is 4.98 Å². The molecule has 0 aliphatic carbocycles. The van der Waals surface area contributed by atoms with Crippen LogP contribution in [0.15, 0.2) is 12.1 Å². The van der Waals surface area contributed by atoms with E-state index in [1.807, 2.05) is 24.0 Å². The summed E-state index contributed by atoms with van der Waals surface area (Å²) in [4.78, 5) is 19.0. The number of nitrogens with zero attached hydrogens (tertiary/aromatic N) is 2. The number of aromatic nitrogens is 1. The number of pyridine rings is 1. The van der Waals surface area contributed by atoms with Gasteiger partial charge in [0.2, 0.25) is 0 Å². The van der Waals surface area contributed by atoms with Crippen LogP contribution in [0.25, 0.3) is 0 Å². The van der Waals surface area contributed by atoms with E-state index in [1.54, 1.807) is 0 Å². The zero-order chi connectivity index (χ0) is 13.8. The van der Waals surface area contributed by atoms with Crippen LogP contribution in [0.5, 0.6) is 0 Å².